The van der Waals surface area contributed by atoms with Crippen LogP contribution in [0.3, 0.4) is 0 Å². The highest BCUT2D eigenvalue weighted by molar-refractivity contribution is 7.92. The number of carbonyl (C=O) groups excluding carboxylic acids is 1. The lowest BCUT2D eigenvalue weighted by Crippen LogP contribution is -2.39. The van der Waals surface area contributed by atoms with Gasteiger partial charge in [0.2, 0.25) is 15.9 Å². The van der Waals surface area contributed by atoms with Gasteiger partial charge in [0.25, 0.3) is 10.1 Å². The van der Waals surface area contributed by atoms with Crippen molar-refractivity contribution in [2.24, 2.45) is 0 Å². The quantitative estimate of drug-likeness (QED) is 0.416. The normalized spacial score (nSPS) is 15.3. The summed E-state index contributed by atoms with van der Waals surface area (Å²) < 4.78 is 75.1. The second kappa shape index (κ2) is 13.0. The fourth-order valence-corrected chi connectivity index (χ4v) is 5.20. The maximum atomic E-state index is 13.2. The van der Waals surface area contributed by atoms with Crippen LogP contribution in [0.4, 0.5) is 5.69 Å². The summed E-state index contributed by atoms with van der Waals surface area (Å²) in [5.74, 6) is -0.104. The molecule has 1 saturated heterocycles. The Labute approximate surface area is 225 Å². The van der Waals surface area contributed by atoms with E-state index in [9.17, 15) is 30.0 Å². The van der Waals surface area contributed by atoms with Crippen molar-refractivity contribution in [2.45, 2.75) is 30.2 Å². The van der Waals surface area contributed by atoms with Crippen molar-refractivity contribution in [3.8, 4) is 0 Å². The largest absolute Gasteiger partial charge is 0.337 e. The monoisotopic (exact) mass is 589 g/mol. The summed E-state index contributed by atoms with van der Waals surface area (Å²) in [5.41, 5.74) is 2.03. The number of sulfonamides is 1. The fourth-order valence-electron chi connectivity index (χ4n) is 4.01. The number of amides is 1. The van der Waals surface area contributed by atoms with Crippen molar-refractivity contribution in [3.63, 3.8) is 0 Å². The Balaban J connectivity index is 0.000000926. The lowest BCUT2D eigenvalue weighted by molar-refractivity contribution is -0.131. The third-order valence-corrected chi connectivity index (χ3v) is 7.51. The molecule has 0 saturated carbocycles. The second-order valence-corrected chi connectivity index (χ2v) is 14.6. The third-order valence-electron chi connectivity index (χ3n) is 5.77. The van der Waals surface area contributed by atoms with Gasteiger partial charge in [0.05, 0.1) is 29.9 Å². The Hall–Kier alpha value is -2.52. The first-order valence-electron chi connectivity index (χ1n) is 11.7. The van der Waals surface area contributed by atoms with Gasteiger partial charge in [-0.2, -0.15) is 8.42 Å². The Morgan fingerprint density at radius 3 is 2.03 bits per heavy atom. The van der Waals surface area contributed by atoms with Crippen molar-refractivity contribution in [3.05, 3.63) is 59.7 Å². The zero-order valence-corrected chi connectivity index (χ0v) is 24.3. The van der Waals surface area contributed by atoms with Crippen LogP contribution in [-0.4, -0.2) is 91.0 Å². The topological polar surface area (TPSA) is 158 Å². The van der Waals surface area contributed by atoms with Crippen molar-refractivity contribution in [2.75, 3.05) is 50.2 Å². The summed E-state index contributed by atoms with van der Waals surface area (Å²) in [6, 6.07) is 13.2. The number of likely N-dealkylation sites (tertiary alicyclic amines) is 1. The molecule has 2 N–H and O–H groups in total. The zero-order chi connectivity index (χ0) is 28.7. The zero-order valence-electron chi connectivity index (χ0n) is 21.9. The third kappa shape index (κ3) is 11.5. The van der Waals surface area contributed by atoms with Crippen LogP contribution in [0.5, 0.6) is 0 Å². The Kier molecular flexibility index (Phi) is 10.9. The Morgan fingerprint density at radius 1 is 0.974 bits per heavy atom. The molecule has 212 valence electrons. The molecule has 0 aliphatic carbocycles. The highest BCUT2D eigenvalue weighted by Gasteiger charge is 2.26. The molecule has 0 spiro atoms. The van der Waals surface area contributed by atoms with E-state index >= 15 is 0 Å². The van der Waals surface area contributed by atoms with Crippen LogP contribution in [0, 0.1) is 0 Å². The maximum absolute atomic E-state index is 13.2. The number of benzene rings is 2. The molecule has 1 aliphatic heterocycles. The molecule has 38 heavy (non-hydrogen) atoms. The van der Waals surface area contributed by atoms with Crippen molar-refractivity contribution < 1.29 is 34.6 Å². The van der Waals surface area contributed by atoms with E-state index in [1.807, 2.05) is 6.07 Å². The summed E-state index contributed by atoms with van der Waals surface area (Å²) in [4.78, 5) is 17.4. The van der Waals surface area contributed by atoms with Crippen LogP contribution in [0.25, 0.3) is 0 Å². The molecule has 1 heterocycles. The molecule has 0 unspecified atom stereocenters. The summed E-state index contributed by atoms with van der Waals surface area (Å²) >= 11 is 0. The Bertz CT molecular complexity index is 1410. The molecule has 1 fully saturated rings. The lowest BCUT2D eigenvalue weighted by Gasteiger charge is -2.32. The van der Waals surface area contributed by atoms with Gasteiger partial charge in [-0.3, -0.25) is 14.1 Å². The van der Waals surface area contributed by atoms with Gasteiger partial charge in [0.15, 0.2) is 9.84 Å². The number of carbonyl (C=O) groups is 1. The van der Waals surface area contributed by atoms with Gasteiger partial charge in [0, 0.05) is 25.5 Å². The first kappa shape index (κ1) is 31.7. The molecule has 1 aliphatic rings. The standard InChI is InChI=1S/C23H31N3O5S2.CH4O3S/c1-25(23(27)15-18-9-11-21(12-10-18)32(2,28)29)22(17-26-13-4-5-14-26)19-7-6-8-20(16-19)24-33(3,30)31;1-5(2,3)4/h6-12,16,22,24H,4-5,13-15,17H2,1-3H3;1H3,(H,2,3,4)/t22-;/m1./s1. The molecular formula is C24H35N3O8S3. The number of sulfone groups is 1. The molecule has 1 atom stereocenters. The minimum Gasteiger partial charge on any atom is -0.337 e. The SMILES string of the molecule is CN(C(=O)Cc1ccc(S(C)(=O)=O)cc1)[C@H](CN1CCCC1)c1cccc(NS(C)(=O)=O)c1.CS(=O)(=O)O. The lowest BCUT2D eigenvalue weighted by atomic mass is 10.0. The fraction of sp³-hybridized carbons (Fsp3) is 0.458. The van der Waals surface area contributed by atoms with Crippen LogP contribution in [0.15, 0.2) is 53.4 Å². The van der Waals surface area contributed by atoms with Crippen molar-refractivity contribution in [1.82, 2.24) is 9.80 Å². The predicted octanol–water partition coefficient (Wildman–Crippen LogP) is 1.80. The summed E-state index contributed by atoms with van der Waals surface area (Å²) in [6.45, 7) is 2.58. The summed E-state index contributed by atoms with van der Waals surface area (Å²) in [6.07, 6.45) is 5.34. The van der Waals surface area contributed by atoms with Crippen LogP contribution >= 0.6 is 0 Å². The van der Waals surface area contributed by atoms with Crippen LogP contribution < -0.4 is 4.72 Å². The number of likely N-dealkylation sites (N-methyl/N-ethyl adjacent to an activating group) is 1. The first-order chi connectivity index (χ1) is 17.4. The van der Waals surface area contributed by atoms with E-state index in [1.165, 1.54) is 12.1 Å². The molecule has 1 amide bonds. The number of anilines is 1. The number of hydrogen-bond donors (Lipinski definition) is 2. The average molecular weight is 590 g/mol. The van der Waals surface area contributed by atoms with Crippen molar-refractivity contribution in [1.29, 1.82) is 0 Å². The molecule has 3 rings (SSSR count). The minimum atomic E-state index is -3.67. The first-order valence-corrected chi connectivity index (χ1v) is 17.3. The molecule has 14 heteroatoms. The molecule has 2 aromatic rings. The Morgan fingerprint density at radius 2 is 1.53 bits per heavy atom. The van der Waals surface area contributed by atoms with Crippen LogP contribution in [0.2, 0.25) is 0 Å². The van der Waals surface area contributed by atoms with Crippen LogP contribution in [0.1, 0.15) is 30.0 Å². The van der Waals surface area contributed by atoms with E-state index in [4.69, 9.17) is 4.55 Å². The highest BCUT2D eigenvalue weighted by Crippen LogP contribution is 2.26. The molecule has 2 aromatic carbocycles. The molecule has 11 nitrogen and oxygen atoms in total. The van der Waals surface area contributed by atoms with E-state index in [0.29, 0.717) is 18.5 Å². The maximum Gasteiger partial charge on any atom is 0.261 e. The van der Waals surface area contributed by atoms with Gasteiger partial charge in [-0.05, 0) is 61.3 Å². The summed E-state index contributed by atoms with van der Waals surface area (Å²) in [5, 5.41) is 0. The smallest absolute Gasteiger partial charge is 0.261 e. The molecular weight excluding hydrogens is 554 g/mol. The number of rotatable bonds is 9. The van der Waals surface area contributed by atoms with Gasteiger partial charge in [-0.1, -0.05) is 24.3 Å². The van der Waals surface area contributed by atoms with Crippen LogP contribution in [-0.2, 0) is 41.2 Å². The molecule has 0 bridgehead atoms. The average Bonchev–Trinajstić information content (AvgIpc) is 3.28. The van der Waals surface area contributed by atoms with E-state index < -0.39 is 30.0 Å². The number of hydrogen-bond acceptors (Lipinski definition) is 8. The number of nitrogens with zero attached hydrogens (tertiary/aromatic N) is 2. The second-order valence-electron chi connectivity index (χ2n) is 9.35. The highest BCUT2D eigenvalue weighted by atomic mass is 32.2. The van der Waals surface area contributed by atoms with E-state index in [1.54, 1.807) is 42.3 Å². The van der Waals surface area contributed by atoms with Gasteiger partial charge < -0.3 is 9.80 Å². The predicted molar refractivity (Wildman–Crippen MR) is 147 cm³/mol. The van der Waals surface area contributed by atoms with E-state index in [-0.39, 0.29) is 23.3 Å². The van der Waals surface area contributed by atoms with Gasteiger partial charge in [0.1, 0.15) is 0 Å². The molecule has 0 aromatic heterocycles. The van der Waals surface area contributed by atoms with E-state index in [0.717, 1.165) is 49.6 Å². The molecule has 0 radical (unpaired) electrons. The van der Waals surface area contributed by atoms with Gasteiger partial charge >= 0.3 is 0 Å². The summed E-state index contributed by atoms with van der Waals surface area (Å²) in [7, 11) is -8.62. The minimum absolute atomic E-state index is 0.104. The number of nitrogens with one attached hydrogen (secondary N) is 1. The van der Waals surface area contributed by atoms with Crippen molar-refractivity contribution >= 4 is 41.6 Å². The van der Waals surface area contributed by atoms with E-state index in [2.05, 4.69) is 9.62 Å². The van der Waals surface area contributed by atoms with Gasteiger partial charge in [-0.15, -0.1) is 0 Å². The van der Waals surface area contributed by atoms with Gasteiger partial charge in [-0.25, -0.2) is 16.8 Å².